The average molecular weight is 552 g/mol. The van der Waals surface area contributed by atoms with Gasteiger partial charge in [-0.15, -0.1) is 11.8 Å². The van der Waals surface area contributed by atoms with Gasteiger partial charge in [0.1, 0.15) is 6.04 Å². The van der Waals surface area contributed by atoms with Crippen LogP contribution in [0.5, 0.6) is 0 Å². The number of aliphatic hydroxyl groups is 1. The molecular weight excluding hydrogens is 510 g/mol. The van der Waals surface area contributed by atoms with Crippen molar-refractivity contribution in [3.63, 3.8) is 0 Å². The van der Waals surface area contributed by atoms with E-state index in [1.54, 1.807) is 16.7 Å². The van der Waals surface area contributed by atoms with Crippen molar-refractivity contribution in [2.24, 2.45) is 17.8 Å². The molecule has 4 heterocycles. The van der Waals surface area contributed by atoms with E-state index in [-0.39, 0.29) is 30.2 Å². The number of carbonyl (C=O) groups excluding carboxylic acids is 3. The van der Waals surface area contributed by atoms with Crippen molar-refractivity contribution in [3.8, 4) is 0 Å². The van der Waals surface area contributed by atoms with E-state index in [0.717, 1.165) is 5.56 Å². The molecule has 5 rings (SSSR count). The van der Waals surface area contributed by atoms with Crippen LogP contribution >= 0.6 is 11.8 Å². The van der Waals surface area contributed by atoms with Crippen LogP contribution in [-0.2, 0) is 20.9 Å². The van der Waals surface area contributed by atoms with E-state index < -0.39 is 39.0 Å². The SMILES string of the molecule is CC(C)[C@H](CO)N1C(=O)[C@@H]2[C@H]3C(=O)N(Cc4ccccc4)CC=C[C@@]3(C)S[C@@]23C=CCN(C(C)(C)C)C(=O)C13. The molecule has 4 aliphatic rings. The molecule has 1 spiro atoms. The van der Waals surface area contributed by atoms with Crippen molar-refractivity contribution in [1.82, 2.24) is 14.7 Å². The Labute approximate surface area is 236 Å². The number of amides is 3. The van der Waals surface area contributed by atoms with Crippen molar-refractivity contribution in [3.05, 3.63) is 60.2 Å². The number of fused-ring (bicyclic) bond motifs is 2. The highest BCUT2D eigenvalue weighted by atomic mass is 32.2. The van der Waals surface area contributed by atoms with Gasteiger partial charge in [0.2, 0.25) is 17.7 Å². The largest absolute Gasteiger partial charge is 0.394 e. The molecule has 8 heteroatoms. The molecule has 2 fully saturated rings. The molecule has 0 bridgehead atoms. The van der Waals surface area contributed by atoms with Crippen LogP contribution in [0.3, 0.4) is 0 Å². The molecule has 3 amide bonds. The van der Waals surface area contributed by atoms with Gasteiger partial charge in [-0.3, -0.25) is 14.4 Å². The Kier molecular flexibility index (Phi) is 7.03. The number of carbonyl (C=O) groups is 3. The summed E-state index contributed by atoms with van der Waals surface area (Å²) < 4.78 is -1.56. The molecule has 1 aromatic carbocycles. The summed E-state index contributed by atoms with van der Waals surface area (Å²) in [5, 5.41) is 10.5. The average Bonchev–Trinajstić information content (AvgIpc) is 3.13. The Hall–Kier alpha value is -2.58. The van der Waals surface area contributed by atoms with Crippen LogP contribution in [0.25, 0.3) is 0 Å². The maximum atomic E-state index is 14.6. The first-order valence-electron chi connectivity index (χ1n) is 14.0. The fraction of sp³-hybridized carbons (Fsp3) is 0.581. The van der Waals surface area contributed by atoms with Crippen molar-refractivity contribution in [2.45, 2.75) is 75.2 Å². The first-order valence-corrected chi connectivity index (χ1v) is 14.8. The Morgan fingerprint density at radius 2 is 1.64 bits per heavy atom. The Morgan fingerprint density at radius 1 is 0.974 bits per heavy atom. The lowest BCUT2D eigenvalue weighted by molar-refractivity contribution is -0.150. The smallest absolute Gasteiger partial charge is 0.247 e. The zero-order valence-corrected chi connectivity index (χ0v) is 24.6. The van der Waals surface area contributed by atoms with Gasteiger partial charge in [-0.2, -0.15) is 0 Å². The van der Waals surface area contributed by atoms with E-state index in [2.05, 4.69) is 6.08 Å². The van der Waals surface area contributed by atoms with E-state index in [9.17, 15) is 19.5 Å². The monoisotopic (exact) mass is 551 g/mol. The topological polar surface area (TPSA) is 81.2 Å². The van der Waals surface area contributed by atoms with Gasteiger partial charge in [0.15, 0.2) is 0 Å². The summed E-state index contributed by atoms with van der Waals surface area (Å²) in [6, 6.07) is 8.57. The predicted molar refractivity (Wildman–Crippen MR) is 154 cm³/mol. The molecule has 210 valence electrons. The molecule has 1 aromatic rings. The molecule has 0 aromatic heterocycles. The van der Waals surface area contributed by atoms with Crippen molar-refractivity contribution in [2.75, 3.05) is 19.7 Å². The zero-order valence-electron chi connectivity index (χ0n) is 23.8. The van der Waals surface area contributed by atoms with Gasteiger partial charge in [-0.05, 0) is 39.2 Å². The minimum absolute atomic E-state index is 0.0578. The first kappa shape index (κ1) is 28.0. The number of hydrogen-bond donors (Lipinski definition) is 1. The maximum Gasteiger partial charge on any atom is 0.247 e. The third-order valence-electron chi connectivity index (χ3n) is 8.92. The zero-order chi connectivity index (χ0) is 28.3. The molecule has 0 aliphatic carbocycles. The van der Waals surface area contributed by atoms with Gasteiger partial charge in [0, 0.05) is 29.9 Å². The second-order valence-electron chi connectivity index (χ2n) is 12.9. The molecule has 1 unspecified atom stereocenters. The molecule has 4 aliphatic heterocycles. The van der Waals surface area contributed by atoms with Crippen LogP contribution in [0.4, 0.5) is 0 Å². The van der Waals surface area contributed by atoms with Gasteiger partial charge in [0.05, 0.1) is 29.2 Å². The van der Waals surface area contributed by atoms with Gasteiger partial charge >= 0.3 is 0 Å². The van der Waals surface area contributed by atoms with Gasteiger partial charge in [-0.25, -0.2) is 0 Å². The van der Waals surface area contributed by atoms with Crippen LogP contribution in [0.2, 0.25) is 0 Å². The predicted octanol–water partition coefficient (Wildman–Crippen LogP) is 3.49. The summed E-state index contributed by atoms with van der Waals surface area (Å²) in [5.74, 6) is -1.78. The molecule has 2 saturated heterocycles. The second kappa shape index (κ2) is 9.81. The van der Waals surface area contributed by atoms with Gasteiger partial charge in [-0.1, -0.05) is 68.5 Å². The summed E-state index contributed by atoms with van der Waals surface area (Å²) in [4.78, 5) is 48.8. The lowest BCUT2D eigenvalue weighted by Crippen LogP contribution is -2.60. The number of hydrogen-bond acceptors (Lipinski definition) is 5. The fourth-order valence-corrected chi connectivity index (χ4v) is 9.18. The molecular formula is C31H41N3O4S. The third-order valence-corrected chi connectivity index (χ3v) is 10.7. The molecule has 0 radical (unpaired) electrons. The maximum absolute atomic E-state index is 14.6. The lowest BCUT2D eigenvalue weighted by atomic mass is 9.74. The minimum Gasteiger partial charge on any atom is -0.394 e. The number of nitrogens with zero attached hydrogens (tertiary/aromatic N) is 3. The van der Waals surface area contributed by atoms with Gasteiger partial charge in [0.25, 0.3) is 0 Å². The van der Waals surface area contributed by atoms with Crippen molar-refractivity contribution >= 4 is 29.5 Å². The standard InChI is InChI=1S/C31H41N3O4S/c1-20(2)22(19-35)34-25-28(38)33(29(3,4)5)17-11-15-31(25)24(27(34)37)23-26(36)32(16-10-14-30(23,6)39-31)18-21-12-8-7-9-13-21/h7-15,20,22-25,35H,16-19H2,1-6H3/t22-,23-,24-,25?,30+,31-/m0/s1. The van der Waals surface area contributed by atoms with E-state index >= 15 is 0 Å². The van der Waals surface area contributed by atoms with Gasteiger partial charge < -0.3 is 19.8 Å². The molecule has 1 N–H and O–H groups in total. The normalized spacial score (nSPS) is 33.3. The highest BCUT2D eigenvalue weighted by Crippen LogP contribution is 2.66. The van der Waals surface area contributed by atoms with Crippen LogP contribution in [0.1, 0.15) is 47.1 Å². The summed E-state index contributed by atoms with van der Waals surface area (Å²) in [6.07, 6.45) is 8.18. The number of likely N-dealkylation sites (tertiary alicyclic amines) is 1. The van der Waals surface area contributed by atoms with Crippen LogP contribution in [0.15, 0.2) is 54.6 Å². The van der Waals surface area contributed by atoms with E-state index in [1.165, 1.54) is 0 Å². The van der Waals surface area contributed by atoms with Crippen molar-refractivity contribution < 1.29 is 19.5 Å². The van der Waals surface area contributed by atoms with Crippen LogP contribution < -0.4 is 0 Å². The quantitative estimate of drug-likeness (QED) is 0.567. The molecule has 39 heavy (non-hydrogen) atoms. The van der Waals surface area contributed by atoms with E-state index in [1.807, 2.05) is 99.9 Å². The Morgan fingerprint density at radius 3 is 2.26 bits per heavy atom. The third kappa shape index (κ3) is 4.34. The summed E-state index contributed by atoms with van der Waals surface area (Å²) in [6.45, 7) is 13.1. The number of benzene rings is 1. The second-order valence-corrected chi connectivity index (χ2v) is 14.7. The highest BCUT2D eigenvalue weighted by molar-refractivity contribution is 8.02. The highest BCUT2D eigenvalue weighted by Gasteiger charge is 2.74. The summed E-state index contributed by atoms with van der Waals surface area (Å²) in [7, 11) is 0. The Bertz CT molecular complexity index is 1210. The van der Waals surface area contributed by atoms with E-state index in [0.29, 0.717) is 19.6 Å². The fourth-order valence-electron chi connectivity index (χ4n) is 7.04. The van der Waals surface area contributed by atoms with Crippen molar-refractivity contribution in [1.29, 1.82) is 0 Å². The van der Waals surface area contributed by atoms with E-state index in [4.69, 9.17) is 0 Å². The number of thioether (sulfide) groups is 1. The van der Waals surface area contributed by atoms with Crippen LogP contribution in [0, 0.1) is 17.8 Å². The minimum atomic E-state index is -0.911. The lowest BCUT2D eigenvalue weighted by Gasteiger charge is -2.43. The molecule has 7 nitrogen and oxygen atoms in total. The Balaban J connectivity index is 1.64. The van der Waals surface area contributed by atoms with Crippen LogP contribution in [-0.4, -0.2) is 84.3 Å². The molecule has 0 saturated carbocycles. The molecule has 6 atom stereocenters. The summed E-state index contributed by atoms with van der Waals surface area (Å²) in [5.41, 5.74) is 0.581. The number of aliphatic hydroxyl groups excluding tert-OH is 1. The number of rotatable bonds is 5. The summed E-state index contributed by atoms with van der Waals surface area (Å²) >= 11 is 1.59. The first-order chi connectivity index (χ1) is 18.4.